The van der Waals surface area contributed by atoms with Crippen LogP contribution in [0.2, 0.25) is 0 Å². The number of likely N-dealkylation sites (N-methyl/N-ethyl adjacent to an activating group) is 1. The number of rotatable bonds is 5. The van der Waals surface area contributed by atoms with E-state index in [0.29, 0.717) is 6.42 Å². The summed E-state index contributed by atoms with van der Waals surface area (Å²) in [7, 11) is 1.70. The van der Waals surface area contributed by atoms with Gasteiger partial charge in [-0.2, -0.15) is 5.10 Å². The molecule has 22 heavy (non-hydrogen) atoms. The van der Waals surface area contributed by atoms with Crippen LogP contribution in [0.4, 0.5) is 0 Å². The Kier molecular flexibility index (Phi) is 4.40. The minimum Gasteiger partial charge on any atom is -0.378 e. The summed E-state index contributed by atoms with van der Waals surface area (Å²) in [5, 5.41) is 11.3. The molecular formula is C16H22N4O2. The molecule has 1 aliphatic rings. The standard InChI is InChI=1S/C16H22N4O2/c1-3-20-9-14(15(10-20)22-2)17-16(21)8-13-11-6-4-5-7-12(11)18-19-13/h4-7,14-15H,3,8-10H2,1-2H3,(H,17,21)(H,18,19)/t14-,15-/m0/s1. The van der Waals surface area contributed by atoms with Gasteiger partial charge < -0.3 is 10.1 Å². The summed E-state index contributed by atoms with van der Waals surface area (Å²) in [6.45, 7) is 4.79. The van der Waals surface area contributed by atoms with Crippen molar-refractivity contribution >= 4 is 16.8 Å². The van der Waals surface area contributed by atoms with E-state index in [1.807, 2.05) is 24.3 Å². The molecule has 1 aromatic carbocycles. The van der Waals surface area contributed by atoms with Gasteiger partial charge in [0.15, 0.2) is 0 Å². The minimum absolute atomic E-state index is 0.000550. The first-order chi connectivity index (χ1) is 10.7. The van der Waals surface area contributed by atoms with Gasteiger partial charge in [0.2, 0.25) is 5.91 Å². The highest BCUT2D eigenvalue weighted by atomic mass is 16.5. The van der Waals surface area contributed by atoms with Gasteiger partial charge in [0.25, 0.3) is 0 Å². The summed E-state index contributed by atoms with van der Waals surface area (Å²) in [6.07, 6.45) is 0.363. The van der Waals surface area contributed by atoms with Crippen LogP contribution in [-0.2, 0) is 16.0 Å². The second-order valence-corrected chi connectivity index (χ2v) is 5.70. The normalized spacial score (nSPS) is 22.3. The molecule has 2 aromatic rings. The zero-order valence-corrected chi connectivity index (χ0v) is 13.0. The van der Waals surface area contributed by atoms with Crippen molar-refractivity contribution in [3.8, 4) is 0 Å². The first-order valence-corrected chi connectivity index (χ1v) is 7.67. The Hall–Kier alpha value is -1.92. The maximum absolute atomic E-state index is 12.3. The van der Waals surface area contributed by atoms with Gasteiger partial charge in [-0.3, -0.25) is 14.8 Å². The second-order valence-electron chi connectivity index (χ2n) is 5.70. The zero-order chi connectivity index (χ0) is 15.5. The third-order valence-electron chi connectivity index (χ3n) is 4.32. The number of likely N-dealkylation sites (tertiary alicyclic amines) is 1. The Bertz CT molecular complexity index is 654. The largest absolute Gasteiger partial charge is 0.378 e. The van der Waals surface area contributed by atoms with Crippen LogP contribution in [0.25, 0.3) is 10.9 Å². The van der Waals surface area contributed by atoms with Crippen LogP contribution in [-0.4, -0.2) is 59.9 Å². The van der Waals surface area contributed by atoms with Gasteiger partial charge in [0.1, 0.15) is 0 Å². The van der Waals surface area contributed by atoms with E-state index < -0.39 is 0 Å². The number of aromatic amines is 1. The fourth-order valence-electron chi connectivity index (χ4n) is 3.05. The van der Waals surface area contributed by atoms with Crippen LogP contribution in [0, 0.1) is 0 Å². The molecular weight excluding hydrogens is 280 g/mol. The number of ether oxygens (including phenoxy) is 1. The van der Waals surface area contributed by atoms with Crippen molar-refractivity contribution in [3.05, 3.63) is 30.0 Å². The number of methoxy groups -OCH3 is 1. The highest BCUT2D eigenvalue weighted by molar-refractivity contribution is 5.87. The number of nitrogens with zero attached hydrogens (tertiary/aromatic N) is 2. The molecule has 2 atom stereocenters. The summed E-state index contributed by atoms with van der Waals surface area (Å²) < 4.78 is 5.49. The second kappa shape index (κ2) is 6.46. The predicted octanol–water partition coefficient (Wildman–Crippen LogP) is 0.941. The van der Waals surface area contributed by atoms with Gasteiger partial charge in [-0.15, -0.1) is 0 Å². The first-order valence-electron chi connectivity index (χ1n) is 7.67. The van der Waals surface area contributed by atoms with Gasteiger partial charge in [0, 0.05) is 25.6 Å². The number of para-hydroxylation sites is 1. The van der Waals surface area contributed by atoms with Crippen LogP contribution >= 0.6 is 0 Å². The van der Waals surface area contributed by atoms with Crippen molar-refractivity contribution in [2.75, 3.05) is 26.7 Å². The number of amides is 1. The molecule has 1 fully saturated rings. The molecule has 2 N–H and O–H groups in total. The van der Waals surface area contributed by atoms with Crippen LogP contribution in [0.15, 0.2) is 24.3 Å². The van der Waals surface area contributed by atoms with Crippen molar-refractivity contribution in [2.24, 2.45) is 0 Å². The van der Waals surface area contributed by atoms with E-state index in [4.69, 9.17) is 4.74 Å². The fraction of sp³-hybridized carbons (Fsp3) is 0.500. The molecule has 0 radical (unpaired) electrons. The summed E-state index contributed by atoms with van der Waals surface area (Å²) in [6, 6.07) is 7.86. The molecule has 0 unspecified atom stereocenters. The van der Waals surface area contributed by atoms with Gasteiger partial charge in [0.05, 0.1) is 29.8 Å². The third-order valence-corrected chi connectivity index (χ3v) is 4.32. The van der Waals surface area contributed by atoms with E-state index >= 15 is 0 Å². The SMILES string of the molecule is CCN1C[C@H](NC(=O)Cc2[nH]nc3ccccc23)[C@@H](OC)C1. The van der Waals surface area contributed by atoms with Crippen molar-refractivity contribution in [1.82, 2.24) is 20.4 Å². The monoisotopic (exact) mass is 302 g/mol. The molecule has 0 spiro atoms. The van der Waals surface area contributed by atoms with Crippen LogP contribution < -0.4 is 5.32 Å². The highest BCUT2D eigenvalue weighted by Gasteiger charge is 2.33. The van der Waals surface area contributed by atoms with Gasteiger partial charge in [-0.1, -0.05) is 25.1 Å². The molecule has 0 saturated carbocycles. The Morgan fingerprint density at radius 2 is 2.27 bits per heavy atom. The molecule has 6 nitrogen and oxygen atoms in total. The summed E-state index contributed by atoms with van der Waals surface area (Å²) in [5.41, 5.74) is 1.74. The molecule has 0 bridgehead atoms. The van der Waals surface area contributed by atoms with Crippen molar-refractivity contribution in [2.45, 2.75) is 25.5 Å². The molecule has 6 heteroatoms. The zero-order valence-electron chi connectivity index (χ0n) is 13.0. The number of benzene rings is 1. The van der Waals surface area contributed by atoms with Gasteiger partial charge >= 0.3 is 0 Å². The number of fused-ring (bicyclic) bond motifs is 1. The van der Waals surface area contributed by atoms with E-state index in [1.54, 1.807) is 7.11 Å². The lowest BCUT2D eigenvalue weighted by atomic mass is 10.1. The lowest BCUT2D eigenvalue weighted by molar-refractivity contribution is -0.121. The minimum atomic E-state index is -0.000550. The number of nitrogens with one attached hydrogen (secondary N) is 2. The quantitative estimate of drug-likeness (QED) is 0.862. The smallest absolute Gasteiger partial charge is 0.226 e. The van der Waals surface area contributed by atoms with Crippen LogP contribution in [0.1, 0.15) is 12.6 Å². The Labute approximate surface area is 129 Å². The maximum Gasteiger partial charge on any atom is 0.226 e. The van der Waals surface area contributed by atoms with E-state index in [2.05, 4.69) is 27.3 Å². The molecule has 3 rings (SSSR count). The van der Waals surface area contributed by atoms with E-state index in [1.165, 1.54) is 0 Å². The lowest BCUT2D eigenvalue weighted by Gasteiger charge is -2.18. The summed E-state index contributed by atoms with van der Waals surface area (Å²) in [5.74, 6) is -0.000550. The summed E-state index contributed by atoms with van der Waals surface area (Å²) >= 11 is 0. The number of hydrogen-bond acceptors (Lipinski definition) is 4. The molecule has 1 saturated heterocycles. The molecule has 1 aromatic heterocycles. The maximum atomic E-state index is 12.3. The van der Waals surface area contributed by atoms with Crippen molar-refractivity contribution < 1.29 is 9.53 Å². The molecule has 1 aliphatic heterocycles. The average Bonchev–Trinajstić information content (AvgIpc) is 3.11. The Morgan fingerprint density at radius 3 is 3.05 bits per heavy atom. The number of hydrogen-bond donors (Lipinski definition) is 2. The highest BCUT2D eigenvalue weighted by Crippen LogP contribution is 2.16. The summed E-state index contributed by atoms with van der Waals surface area (Å²) in [4.78, 5) is 14.6. The third kappa shape index (κ3) is 2.98. The van der Waals surface area contributed by atoms with Crippen molar-refractivity contribution in [1.29, 1.82) is 0 Å². The Morgan fingerprint density at radius 1 is 1.45 bits per heavy atom. The van der Waals surface area contributed by atoms with Gasteiger partial charge in [-0.05, 0) is 12.6 Å². The van der Waals surface area contributed by atoms with Crippen molar-refractivity contribution in [3.63, 3.8) is 0 Å². The van der Waals surface area contributed by atoms with E-state index in [9.17, 15) is 4.79 Å². The number of aromatic nitrogens is 2. The average molecular weight is 302 g/mol. The molecule has 1 amide bonds. The Balaban J connectivity index is 1.65. The number of carbonyl (C=O) groups excluding carboxylic acids is 1. The van der Waals surface area contributed by atoms with E-state index in [0.717, 1.165) is 36.2 Å². The number of carbonyl (C=O) groups is 1. The fourth-order valence-corrected chi connectivity index (χ4v) is 3.05. The van der Waals surface area contributed by atoms with E-state index in [-0.39, 0.29) is 18.1 Å². The van der Waals surface area contributed by atoms with Crippen LogP contribution in [0.3, 0.4) is 0 Å². The predicted molar refractivity (Wildman–Crippen MR) is 84.6 cm³/mol. The first kappa shape index (κ1) is 15.0. The molecule has 0 aliphatic carbocycles. The lowest BCUT2D eigenvalue weighted by Crippen LogP contribution is -2.44. The topological polar surface area (TPSA) is 70.2 Å². The molecule has 2 heterocycles. The van der Waals surface area contributed by atoms with Crippen LogP contribution in [0.5, 0.6) is 0 Å². The van der Waals surface area contributed by atoms with Gasteiger partial charge in [-0.25, -0.2) is 0 Å². The molecule has 118 valence electrons. The number of H-pyrrole nitrogens is 1.